The molecule has 7 nitrogen and oxygen atoms in total. The van der Waals surface area contributed by atoms with Crippen LogP contribution in [-0.4, -0.2) is 63.2 Å². The highest BCUT2D eigenvalue weighted by atomic mass is 16.5. The molecule has 1 amide bonds. The van der Waals surface area contributed by atoms with Crippen molar-refractivity contribution in [1.82, 2.24) is 15.5 Å². The third kappa shape index (κ3) is 5.42. The molecule has 2 heterocycles. The van der Waals surface area contributed by atoms with Gasteiger partial charge in [-0.05, 0) is 17.2 Å². The Kier molecular flexibility index (Phi) is 7.17. The maximum absolute atomic E-state index is 12.1. The van der Waals surface area contributed by atoms with E-state index >= 15 is 0 Å². The number of rotatable bonds is 6. The van der Waals surface area contributed by atoms with Crippen molar-refractivity contribution in [2.45, 2.75) is 18.4 Å². The molecule has 0 aliphatic carbocycles. The first kappa shape index (κ1) is 21.3. The van der Waals surface area contributed by atoms with Crippen LogP contribution in [0.5, 0.6) is 0 Å². The number of nitrogens with zero attached hydrogens (tertiary/aromatic N) is 2. The van der Waals surface area contributed by atoms with Crippen LogP contribution in [0.4, 0.5) is 5.69 Å². The summed E-state index contributed by atoms with van der Waals surface area (Å²) in [5, 5.41) is 9.88. The van der Waals surface area contributed by atoms with Crippen molar-refractivity contribution in [2.75, 3.05) is 51.8 Å². The Morgan fingerprint density at radius 1 is 1.13 bits per heavy atom. The summed E-state index contributed by atoms with van der Waals surface area (Å²) in [6, 6.07) is 18.8. The smallest absolute Gasteiger partial charge is 0.225 e. The Bertz CT molecular complexity index is 896. The standard InChI is InChI=1S/C24H31N5O2/c1-25-24(26-16-19-15-23(30)28-21-10-6-5-9-20(19)21)27-17-22(18-7-3-2-4-8-18)29-11-13-31-14-12-29/h2-10,19,22H,11-17H2,1H3,(H,28,30)(H2,25,26,27). The van der Waals surface area contributed by atoms with E-state index in [2.05, 4.69) is 56.2 Å². The first-order valence-corrected chi connectivity index (χ1v) is 10.9. The van der Waals surface area contributed by atoms with Crippen LogP contribution >= 0.6 is 0 Å². The van der Waals surface area contributed by atoms with Crippen LogP contribution in [-0.2, 0) is 9.53 Å². The monoisotopic (exact) mass is 421 g/mol. The molecular formula is C24H31N5O2. The van der Waals surface area contributed by atoms with E-state index in [0.29, 0.717) is 13.0 Å². The van der Waals surface area contributed by atoms with Crippen LogP contribution in [0.25, 0.3) is 0 Å². The van der Waals surface area contributed by atoms with Crippen LogP contribution in [0, 0.1) is 0 Å². The highest BCUT2D eigenvalue weighted by Gasteiger charge is 2.26. The zero-order chi connectivity index (χ0) is 21.5. The molecule has 2 atom stereocenters. The number of nitrogens with one attached hydrogen (secondary N) is 3. The molecule has 3 N–H and O–H groups in total. The zero-order valence-corrected chi connectivity index (χ0v) is 18.0. The van der Waals surface area contributed by atoms with Crippen molar-refractivity contribution in [2.24, 2.45) is 4.99 Å². The van der Waals surface area contributed by atoms with Crippen molar-refractivity contribution in [3.05, 3.63) is 65.7 Å². The summed E-state index contributed by atoms with van der Waals surface area (Å²) >= 11 is 0. The average molecular weight is 422 g/mol. The first-order chi connectivity index (χ1) is 15.2. The summed E-state index contributed by atoms with van der Waals surface area (Å²) in [6.07, 6.45) is 0.474. The zero-order valence-electron chi connectivity index (χ0n) is 18.0. The lowest BCUT2D eigenvalue weighted by Gasteiger charge is -2.35. The molecule has 2 aliphatic rings. The number of carbonyl (C=O) groups is 1. The Balaban J connectivity index is 1.39. The molecule has 2 aromatic rings. The molecule has 1 fully saturated rings. The van der Waals surface area contributed by atoms with Gasteiger partial charge in [0.15, 0.2) is 5.96 Å². The number of aliphatic imine (C=N–C) groups is 1. The molecule has 1 saturated heterocycles. The van der Waals surface area contributed by atoms with Crippen LogP contribution in [0.15, 0.2) is 59.6 Å². The summed E-state index contributed by atoms with van der Waals surface area (Å²) in [4.78, 5) is 19.0. The van der Waals surface area contributed by atoms with Gasteiger partial charge in [-0.3, -0.25) is 14.7 Å². The Morgan fingerprint density at radius 3 is 2.65 bits per heavy atom. The first-order valence-electron chi connectivity index (χ1n) is 10.9. The number of fused-ring (bicyclic) bond motifs is 1. The second kappa shape index (κ2) is 10.4. The number of anilines is 1. The Morgan fingerprint density at radius 2 is 1.87 bits per heavy atom. The van der Waals surface area contributed by atoms with E-state index < -0.39 is 0 Å². The van der Waals surface area contributed by atoms with Crippen molar-refractivity contribution in [1.29, 1.82) is 0 Å². The van der Waals surface area contributed by atoms with E-state index in [1.807, 2.05) is 24.3 Å². The third-order valence-corrected chi connectivity index (χ3v) is 5.98. The van der Waals surface area contributed by atoms with Crippen LogP contribution in [0.1, 0.15) is 29.5 Å². The number of carbonyl (C=O) groups excluding carboxylic acids is 1. The number of guanidine groups is 1. The van der Waals surface area contributed by atoms with Gasteiger partial charge >= 0.3 is 0 Å². The molecule has 2 aromatic carbocycles. The van der Waals surface area contributed by atoms with E-state index in [1.54, 1.807) is 7.05 Å². The van der Waals surface area contributed by atoms with Gasteiger partial charge in [0.05, 0.1) is 19.3 Å². The topological polar surface area (TPSA) is 78.0 Å². The molecule has 0 aromatic heterocycles. The Hall–Kier alpha value is -2.90. The van der Waals surface area contributed by atoms with Crippen molar-refractivity contribution >= 4 is 17.6 Å². The number of amides is 1. The van der Waals surface area contributed by atoms with Crippen molar-refractivity contribution < 1.29 is 9.53 Å². The van der Waals surface area contributed by atoms with E-state index in [4.69, 9.17) is 4.74 Å². The highest BCUT2D eigenvalue weighted by Crippen LogP contribution is 2.31. The SMILES string of the molecule is CN=C(NCC1CC(=O)Nc2ccccc21)NCC(c1ccccc1)N1CCOCC1. The van der Waals surface area contributed by atoms with E-state index in [-0.39, 0.29) is 17.9 Å². The van der Waals surface area contributed by atoms with Gasteiger partial charge < -0.3 is 20.7 Å². The van der Waals surface area contributed by atoms with Gasteiger partial charge in [-0.15, -0.1) is 0 Å². The van der Waals surface area contributed by atoms with Crippen LogP contribution in [0.2, 0.25) is 0 Å². The molecule has 0 bridgehead atoms. The molecule has 0 saturated carbocycles. The maximum atomic E-state index is 12.1. The predicted molar refractivity (Wildman–Crippen MR) is 123 cm³/mol. The van der Waals surface area contributed by atoms with Gasteiger partial charge in [0.2, 0.25) is 5.91 Å². The van der Waals surface area contributed by atoms with Gasteiger partial charge in [0.1, 0.15) is 0 Å². The third-order valence-electron chi connectivity index (χ3n) is 5.98. The van der Waals surface area contributed by atoms with Gasteiger partial charge in [0.25, 0.3) is 0 Å². The molecule has 0 spiro atoms. The predicted octanol–water partition coefficient (Wildman–Crippen LogP) is 2.35. The molecule has 31 heavy (non-hydrogen) atoms. The van der Waals surface area contributed by atoms with E-state index in [1.165, 1.54) is 11.1 Å². The van der Waals surface area contributed by atoms with Crippen LogP contribution in [0.3, 0.4) is 0 Å². The minimum atomic E-state index is 0.0601. The lowest BCUT2D eigenvalue weighted by atomic mass is 9.90. The minimum Gasteiger partial charge on any atom is -0.379 e. The Labute approximate surface area is 183 Å². The molecule has 2 aliphatic heterocycles. The summed E-state index contributed by atoms with van der Waals surface area (Å²) in [5.74, 6) is 0.926. The molecule has 7 heteroatoms. The summed E-state index contributed by atoms with van der Waals surface area (Å²) in [5.41, 5.74) is 3.36. The number of benzene rings is 2. The number of hydrogen-bond donors (Lipinski definition) is 3. The summed E-state index contributed by atoms with van der Waals surface area (Å²) in [6.45, 7) is 4.75. The number of hydrogen-bond acceptors (Lipinski definition) is 4. The quantitative estimate of drug-likeness (QED) is 0.493. The molecule has 4 rings (SSSR count). The highest BCUT2D eigenvalue weighted by molar-refractivity contribution is 5.94. The fraction of sp³-hybridized carbons (Fsp3) is 0.417. The minimum absolute atomic E-state index is 0.0601. The number of para-hydroxylation sites is 1. The largest absolute Gasteiger partial charge is 0.379 e. The molecule has 164 valence electrons. The fourth-order valence-corrected chi connectivity index (χ4v) is 4.34. The van der Waals surface area contributed by atoms with Crippen LogP contribution < -0.4 is 16.0 Å². The molecule has 2 unspecified atom stereocenters. The summed E-state index contributed by atoms with van der Waals surface area (Å²) < 4.78 is 5.54. The van der Waals surface area contributed by atoms with Gasteiger partial charge in [-0.25, -0.2) is 0 Å². The van der Waals surface area contributed by atoms with E-state index in [0.717, 1.165) is 44.5 Å². The average Bonchev–Trinajstić information content (AvgIpc) is 2.82. The second-order valence-corrected chi connectivity index (χ2v) is 7.95. The van der Waals surface area contributed by atoms with Crippen molar-refractivity contribution in [3.8, 4) is 0 Å². The van der Waals surface area contributed by atoms with Gasteiger partial charge in [0, 0.05) is 51.3 Å². The summed E-state index contributed by atoms with van der Waals surface area (Å²) in [7, 11) is 1.78. The fourth-order valence-electron chi connectivity index (χ4n) is 4.34. The molecular weight excluding hydrogens is 390 g/mol. The maximum Gasteiger partial charge on any atom is 0.225 e. The second-order valence-electron chi connectivity index (χ2n) is 7.95. The van der Waals surface area contributed by atoms with Gasteiger partial charge in [-0.2, -0.15) is 0 Å². The molecule has 0 radical (unpaired) electrons. The number of ether oxygens (including phenoxy) is 1. The lowest BCUT2D eigenvalue weighted by Crippen LogP contribution is -2.47. The lowest BCUT2D eigenvalue weighted by molar-refractivity contribution is -0.116. The van der Waals surface area contributed by atoms with Crippen molar-refractivity contribution in [3.63, 3.8) is 0 Å². The van der Waals surface area contributed by atoms with Gasteiger partial charge in [-0.1, -0.05) is 48.5 Å². The van der Waals surface area contributed by atoms with E-state index in [9.17, 15) is 4.79 Å². The normalized spacial score (nSPS) is 20.5. The number of morpholine rings is 1.